The van der Waals surface area contributed by atoms with Gasteiger partial charge in [-0.15, -0.1) is 0 Å². The number of piperidine rings is 1. The van der Waals surface area contributed by atoms with E-state index in [4.69, 9.17) is 5.84 Å². The first-order chi connectivity index (χ1) is 9.15. The predicted octanol–water partition coefficient (Wildman–Crippen LogP) is 2.54. The lowest BCUT2D eigenvalue weighted by molar-refractivity contribution is 0.0689. The number of nitrogens with one attached hydrogen (secondary N) is 1. The molecule has 4 heteroatoms. The minimum atomic E-state index is 0.140. The molecule has 1 amide bonds. The maximum absolute atomic E-state index is 12.4. The summed E-state index contributed by atoms with van der Waals surface area (Å²) in [6.45, 7) is 5.94. The Bertz CT molecular complexity index is 451. The normalized spacial score (nSPS) is 16.5. The van der Waals surface area contributed by atoms with Crippen molar-refractivity contribution >= 4 is 11.6 Å². The molecule has 1 fully saturated rings. The van der Waals surface area contributed by atoms with Crippen molar-refractivity contribution in [2.75, 3.05) is 18.5 Å². The van der Waals surface area contributed by atoms with Gasteiger partial charge in [0.2, 0.25) is 0 Å². The number of likely N-dealkylation sites (tertiary alicyclic amines) is 1. The number of amides is 1. The van der Waals surface area contributed by atoms with Gasteiger partial charge in [0.1, 0.15) is 0 Å². The number of benzene rings is 1. The second-order valence-corrected chi connectivity index (χ2v) is 5.32. The Morgan fingerprint density at radius 2 is 2.11 bits per heavy atom. The van der Waals surface area contributed by atoms with E-state index in [9.17, 15) is 4.79 Å². The molecule has 0 aliphatic carbocycles. The second-order valence-electron chi connectivity index (χ2n) is 5.32. The Morgan fingerprint density at radius 1 is 1.42 bits per heavy atom. The van der Waals surface area contributed by atoms with Crippen molar-refractivity contribution in [3.63, 3.8) is 0 Å². The lowest BCUT2D eigenvalue weighted by atomic mass is 9.94. The summed E-state index contributed by atoms with van der Waals surface area (Å²) >= 11 is 0. The molecule has 0 radical (unpaired) electrons. The Kier molecular flexibility index (Phi) is 4.43. The van der Waals surface area contributed by atoms with Gasteiger partial charge in [0.15, 0.2) is 0 Å². The molecule has 1 heterocycles. The number of nitrogens with zero attached hydrogens (tertiary/aromatic N) is 1. The van der Waals surface area contributed by atoms with Crippen molar-refractivity contribution in [2.24, 2.45) is 11.8 Å². The van der Waals surface area contributed by atoms with Crippen molar-refractivity contribution in [3.05, 3.63) is 29.3 Å². The number of hydrazine groups is 1. The molecule has 0 saturated carbocycles. The number of carbonyl (C=O) groups is 1. The van der Waals surface area contributed by atoms with Crippen LogP contribution in [0.25, 0.3) is 0 Å². The highest BCUT2D eigenvalue weighted by atomic mass is 16.2. The maximum Gasteiger partial charge on any atom is 0.253 e. The van der Waals surface area contributed by atoms with Gasteiger partial charge in [-0.3, -0.25) is 10.6 Å². The largest absolute Gasteiger partial charge is 0.339 e. The predicted molar refractivity (Wildman–Crippen MR) is 77.9 cm³/mol. The van der Waals surface area contributed by atoms with E-state index in [0.29, 0.717) is 0 Å². The van der Waals surface area contributed by atoms with Gasteiger partial charge in [0, 0.05) is 18.7 Å². The SMILES string of the molecule is CCC1CCN(C(=O)c2ccc(NN)c(C)c2)CC1. The highest BCUT2D eigenvalue weighted by molar-refractivity contribution is 5.95. The topological polar surface area (TPSA) is 58.4 Å². The summed E-state index contributed by atoms with van der Waals surface area (Å²) in [7, 11) is 0. The van der Waals surface area contributed by atoms with Gasteiger partial charge in [-0.05, 0) is 49.4 Å². The van der Waals surface area contributed by atoms with E-state index >= 15 is 0 Å². The fraction of sp³-hybridized carbons (Fsp3) is 0.533. The van der Waals surface area contributed by atoms with Crippen LogP contribution in [0.5, 0.6) is 0 Å². The van der Waals surface area contributed by atoms with E-state index in [1.165, 1.54) is 6.42 Å². The first kappa shape index (κ1) is 13.9. The molecule has 19 heavy (non-hydrogen) atoms. The van der Waals surface area contributed by atoms with Gasteiger partial charge < -0.3 is 10.3 Å². The summed E-state index contributed by atoms with van der Waals surface area (Å²) in [5.74, 6) is 6.33. The zero-order valence-electron chi connectivity index (χ0n) is 11.8. The summed E-state index contributed by atoms with van der Waals surface area (Å²) in [5, 5.41) is 0. The van der Waals surface area contributed by atoms with Gasteiger partial charge in [-0.2, -0.15) is 0 Å². The number of nitrogens with two attached hydrogens (primary N) is 1. The molecule has 1 aromatic rings. The number of hydrogen-bond acceptors (Lipinski definition) is 3. The number of nitrogen functional groups attached to an aromatic ring is 1. The summed E-state index contributed by atoms with van der Waals surface area (Å²) in [5.41, 5.74) is 5.24. The van der Waals surface area contributed by atoms with Crippen molar-refractivity contribution in [1.29, 1.82) is 0 Å². The quantitative estimate of drug-likeness (QED) is 0.649. The third-order valence-corrected chi connectivity index (χ3v) is 4.11. The number of rotatable bonds is 3. The van der Waals surface area contributed by atoms with E-state index in [-0.39, 0.29) is 5.91 Å². The van der Waals surface area contributed by atoms with Crippen molar-refractivity contribution in [2.45, 2.75) is 33.1 Å². The molecule has 104 valence electrons. The summed E-state index contributed by atoms with van der Waals surface area (Å²) in [6, 6.07) is 5.61. The van der Waals surface area contributed by atoms with E-state index in [1.54, 1.807) is 0 Å². The molecule has 1 saturated heterocycles. The Morgan fingerprint density at radius 3 is 2.63 bits per heavy atom. The lowest BCUT2D eigenvalue weighted by Gasteiger charge is -2.31. The molecule has 1 aliphatic rings. The van der Waals surface area contributed by atoms with Crippen LogP contribution >= 0.6 is 0 Å². The molecule has 3 N–H and O–H groups in total. The van der Waals surface area contributed by atoms with Gasteiger partial charge in [0.05, 0.1) is 5.69 Å². The standard InChI is InChI=1S/C15H23N3O/c1-3-12-6-8-18(9-7-12)15(19)13-4-5-14(17-16)11(2)10-13/h4-5,10,12,17H,3,6-9,16H2,1-2H3. The van der Waals surface area contributed by atoms with Gasteiger partial charge in [-0.1, -0.05) is 13.3 Å². The molecule has 1 aliphatic heterocycles. The van der Waals surface area contributed by atoms with Gasteiger partial charge in [0.25, 0.3) is 5.91 Å². The lowest BCUT2D eigenvalue weighted by Crippen LogP contribution is -2.38. The molecule has 0 unspecified atom stereocenters. The summed E-state index contributed by atoms with van der Waals surface area (Å²) < 4.78 is 0. The monoisotopic (exact) mass is 261 g/mol. The van der Waals surface area contributed by atoms with Crippen LogP contribution in [0.3, 0.4) is 0 Å². The van der Waals surface area contributed by atoms with Crippen LogP contribution in [0.4, 0.5) is 5.69 Å². The fourth-order valence-electron chi connectivity index (χ4n) is 2.69. The average molecular weight is 261 g/mol. The highest BCUT2D eigenvalue weighted by Crippen LogP contribution is 2.22. The van der Waals surface area contributed by atoms with Crippen LogP contribution in [-0.4, -0.2) is 23.9 Å². The van der Waals surface area contributed by atoms with Crippen LogP contribution in [0, 0.1) is 12.8 Å². The molecular weight excluding hydrogens is 238 g/mol. The van der Waals surface area contributed by atoms with E-state index in [1.807, 2.05) is 30.0 Å². The first-order valence-corrected chi connectivity index (χ1v) is 7.02. The minimum absolute atomic E-state index is 0.140. The molecule has 0 bridgehead atoms. The van der Waals surface area contributed by atoms with E-state index < -0.39 is 0 Å². The highest BCUT2D eigenvalue weighted by Gasteiger charge is 2.22. The number of anilines is 1. The van der Waals surface area contributed by atoms with Gasteiger partial charge >= 0.3 is 0 Å². The molecule has 0 aromatic heterocycles. The minimum Gasteiger partial charge on any atom is -0.339 e. The number of hydrogen-bond donors (Lipinski definition) is 2. The number of aryl methyl sites for hydroxylation is 1. The maximum atomic E-state index is 12.4. The number of carbonyl (C=O) groups excluding carboxylic acids is 1. The van der Waals surface area contributed by atoms with E-state index in [0.717, 1.165) is 48.7 Å². The average Bonchev–Trinajstić information content (AvgIpc) is 2.46. The molecule has 0 spiro atoms. The van der Waals surface area contributed by atoms with Gasteiger partial charge in [-0.25, -0.2) is 0 Å². The van der Waals surface area contributed by atoms with Crippen molar-refractivity contribution in [1.82, 2.24) is 4.90 Å². The van der Waals surface area contributed by atoms with Crippen LogP contribution in [0.15, 0.2) is 18.2 Å². The molecule has 1 aromatic carbocycles. The first-order valence-electron chi connectivity index (χ1n) is 7.02. The van der Waals surface area contributed by atoms with Crippen LogP contribution in [0.1, 0.15) is 42.1 Å². The Hall–Kier alpha value is -1.55. The summed E-state index contributed by atoms with van der Waals surface area (Å²) in [6.07, 6.45) is 3.48. The molecule has 2 rings (SSSR count). The van der Waals surface area contributed by atoms with Crippen molar-refractivity contribution in [3.8, 4) is 0 Å². The van der Waals surface area contributed by atoms with Crippen LogP contribution in [-0.2, 0) is 0 Å². The smallest absolute Gasteiger partial charge is 0.253 e. The molecule has 4 nitrogen and oxygen atoms in total. The third kappa shape index (κ3) is 3.07. The third-order valence-electron chi connectivity index (χ3n) is 4.11. The molecular formula is C15H23N3O. The van der Waals surface area contributed by atoms with Crippen molar-refractivity contribution < 1.29 is 4.79 Å². The zero-order valence-corrected chi connectivity index (χ0v) is 11.8. The van der Waals surface area contributed by atoms with Crippen LogP contribution < -0.4 is 11.3 Å². The Labute approximate surface area is 114 Å². The van der Waals surface area contributed by atoms with E-state index in [2.05, 4.69) is 12.3 Å². The fourth-order valence-corrected chi connectivity index (χ4v) is 2.69. The zero-order chi connectivity index (χ0) is 13.8. The second kappa shape index (κ2) is 6.06. The molecule has 0 atom stereocenters. The van der Waals surface area contributed by atoms with Crippen LogP contribution in [0.2, 0.25) is 0 Å². The Balaban J connectivity index is 2.06. The summed E-state index contributed by atoms with van der Waals surface area (Å²) in [4.78, 5) is 14.4.